The highest BCUT2D eigenvalue weighted by atomic mass is 35.5. The molecule has 1 aliphatic heterocycles. The molecule has 0 spiro atoms. The third kappa shape index (κ3) is 6.11. The summed E-state index contributed by atoms with van der Waals surface area (Å²) in [6.07, 6.45) is 3.73. The number of thioether (sulfide) groups is 1. The van der Waals surface area contributed by atoms with Gasteiger partial charge in [-0.3, -0.25) is 4.90 Å². The van der Waals surface area contributed by atoms with Crippen molar-refractivity contribution in [1.82, 2.24) is 29.6 Å². The van der Waals surface area contributed by atoms with Gasteiger partial charge < -0.3 is 9.47 Å². The van der Waals surface area contributed by atoms with Gasteiger partial charge in [0.15, 0.2) is 5.16 Å². The number of aryl methyl sites for hydroxylation is 1. The molecule has 3 heterocycles. The maximum Gasteiger partial charge on any atom is 0.190 e. The van der Waals surface area contributed by atoms with E-state index in [9.17, 15) is 0 Å². The average molecular weight is 466 g/mol. The van der Waals surface area contributed by atoms with Gasteiger partial charge in [-0.15, -0.1) is 22.6 Å². The molecular formula is C22H36ClN7S. The number of piperazine rings is 1. The van der Waals surface area contributed by atoms with Crippen molar-refractivity contribution in [3.8, 4) is 0 Å². The Hall–Kier alpha value is -1.38. The molecule has 2 aromatic rings. The number of hydrogen-bond donors (Lipinski definition) is 0. The van der Waals surface area contributed by atoms with Crippen molar-refractivity contribution in [1.29, 1.82) is 0 Å². The highest BCUT2D eigenvalue weighted by molar-refractivity contribution is 7.99. The predicted octanol–water partition coefficient (Wildman–Crippen LogP) is 3.81. The summed E-state index contributed by atoms with van der Waals surface area (Å²) in [5.74, 6) is 4.82. The molecule has 1 saturated carbocycles. The van der Waals surface area contributed by atoms with Crippen LogP contribution in [0.3, 0.4) is 0 Å². The molecule has 0 radical (unpaired) electrons. The lowest BCUT2D eigenvalue weighted by Crippen LogP contribution is -2.47. The van der Waals surface area contributed by atoms with Gasteiger partial charge in [-0.25, -0.2) is 9.97 Å². The van der Waals surface area contributed by atoms with E-state index < -0.39 is 0 Å². The first-order valence-electron chi connectivity index (χ1n) is 11.2. The molecule has 1 aliphatic carbocycles. The molecule has 0 amide bonds. The maximum atomic E-state index is 4.96. The van der Waals surface area contributed by atoms with Gasteiger partial charge in [-0.1, -0.05) is 32.5 Å². The van der Waals surface area contributed by atoms with Gasteiger partial charge in [0.05, 0.1) is 0 Å². The lowest BCUT2D eigenvalue weighted by atomic mass is 9.95. The van der Waals surface area contributed by atoms with Crippen molar-refractivity contribution in [2.24, 2.45) is 7.05 Å². The molecule has 0 unspecified atom stereocenters. The van der Waals surface area contributed by atoms with Gasteiger partial charge in [0.2, 0.25) is 0 Å². The van der Waals surface area contributed by atoms with Crippen LogP contribution in [0.15, 0.2) is 11.2 Å². The highest BCUT2D eigenvalue weighted by Gasteiger charge is 2.29. The third-order valence-electron chi connectivity index (χ3n) is 6.00. The smallest absolute Gasteiger partial charge is 0.190 e. The van der Waals surface area contributed by atoms with Crippen molar-refractivity contribution in [3.63, 3.8) is 0 Å². The first-order valence-corrected chi connectivity index (χ1v) is 12.2. The minimum Gasteiger partial charge on any atom is -0.354 e. The van der Waals surface area contributed by atoms with Gasteiger partial charge in [-0.2, -0.15) is 0 Å². The van der Waals surface area contributed by atoms with Crippen LogP contribution < -0.4 is 4.90 Å². The van der Waals surface area contributed by atoms with Crippen LogP contribution in [-0.4, -0.2) is 68.1 Å². The zero-order chi connectivity index (χ0) is 21.3. The van der Waals surface area contributed by atoms with Crippen molar-refractivity contribution in [3.05, 3.63) is 23.4 Å². The summed E-state index contributed by atoms with van der Waals surface area (Å²) in [6, 6.07) is 2.25. The second-order valence-electron chi connectivity index (χ2n) is 9.62. The molecule has 31 heavy (non-hydrogen) atoms. The van der Waals surface area contributed by atoms with E-state index in [4.69, 9.17) is 9.97 Å². The Labute approximate surface area is 196 Å². The van der Waals surface area contributed by atoms with E-state index in [0.717, 1.165) is 61.1 Å². The largest absolute Gasteiger partial charge is 0.354 e. The van der Waals surface area contributed by atoms with Crippen LogP contribution in [0.5, 0.6) is 0 Å². The van der Waals surface area contributed by atoms with Gasteiger partial charge in [-0.05, 0) is 32.7 Å². The van der Waals surface area contributed by atoms with Crippen LogP contribution in [0.1, 0.15) is 63.3 Å². The molecule has 7 nitrogen and oxygen atoms in total. The summed E-state index contributed by atoms with van der Waals surface area (Å²) in [4.78, 5) is 14.9. The Morgan fingerprint density at radius 2 is 1.77 bits per heavy atom. The molecular weight excluding hydrogens is 430 g/mol. The average Bonchev–Trinajstić information content (AvgIpc) is 3.53. The molecule has 0 atom stereocenters. The summed E-state index contributed by atoms with van der Waals surface area (Å²) in [5.41, 5.74) is 1.24. The van der Waals surface area contributed by atoms with E-state index in [0.29, 0.717) is 5.92 Å². The minimum atomic E-state index is -0.0135. The van der Waals surface area contributed by atoms with E-state index in [1.54, 1.807) is 11.8 Å². The topological polar surface area (TPSA) is 63.0 Å². The number of anilines is 1. The number of rotatable bonds is 7. The van der Waals surface area contributed by atoms with Gasteiger partial charge >= 0.3 is 0 Å². The molecule has 2 fully saturated rings. The number of halogens is 1. The Bertz CT molecular complexity index is 867. The van der Waals surface area contributed by atoms with E-state index in [1.807, 2.05) is 14.0 Å². The second kappa shape index (κ2) is 10.0. The molecule has 2 aromatic heterocycles. The van der Waals surface area contributed by atoms with Crippen LogP contribution in [0.25, 0.3) is 0 Å². The SMILES string of the molecule is Cc1nnc(SCCCN2CCN(c3cc(C4CC4)nc(C(C)(C)C)n3)CC2)n1C.Cl. The van der Waals surface area contributed by atoms with Crippen LogP contribution in [0, 0.1) is 6.92 Å². The minimum absolute atomic E-state index is 0. The first kappa shape index (κ1) is 24.3. The van der Waals surface area contributed by atoms with Crippen molar-refractivity contribution >= 4 is 30.0 Å². The Morgan fingerprint density at radius 1 is 1.06 bits per heavy atom. The molecule has 1 saturated heterocycles. The van der Waals surface area contributed by atoms with Crippen molar-refractivity contribution < 1.29 is 0 Å². The van der Waals surface area contributed by atoms with Crippen molar-refractivity contribution in [2.75, 3.05) is 43.4 Å². The quantitative estimate of drug-likeness (QED) is 0.455. The van der Waals surface area contributed by atoms with E-state index >= 15 is 0 Å². The standard InChI is InChI=1S/C22H35N7S.ClH/c1-16-25-26-21(27(16)5)30-14-6-9-28-10-12-29(13-11-28)19-15-18(17-7-8-17)23-20(24-19)22(2,3)4;/h15,17H,6-14H2,1-5H3;1H. The monoisotopic (exact) mass is 465 g/mol. The fourth-order valence-electron chi connectivity index (χ4n) is 3.70. The van der Waals surface area contributed by atoms with Gasteiger partial charge in [0, 0.05) is 62.1 Å². The van der Waals surface area contributed by atoms with Crippen LogP contribution >= 0.6 is 24.2 Å². The molecule has 4 rings (SSSR count). The zero-order valence-electron chi connectivity index (χ0n) is 19.5. The summed E-state index contributed by atoms with van der Waals surface area (Å²) >= 11 is 1.80. The number of hydrogen-bond acceptors (Lipinski definition) is 7. The van der Waals surface area contributed by atoms with Crippen LogP contribution in [0.2, 0.25) is 0 Å². The van der Waals surface area contributed by atoms with E-state index in [-0.39, 0.29) is 17.8 Å². The van der Waals surface area contributed by atoms with E-state index in [1.165, 1.54) is 25.0 Å². The lowest BCUT2D eigenvalue weighted by Gasteiger charge is -2.36. The first-order chi connectivity index (χ1) is 14.3. The molecule has 9 heteroatoms. The normalized spacial score (nSPS) is 17.6. The third-order valence-corrected chi connectivity index (χ3v) is 7.10. The second-order valence-corrected chi connectivity index (χ2v) is 10.7. The van der Waals surface area contributed by atoms with Crippen LogP contribution in [0.4, 0.5) is 5.82 Å². The fourth-order valence-corrected chi connectivity index (χ4v) is 4.58. The Morgan fingerprint density at radius 3 is 2.35 bits per heavy atom. The maximum absolute atomic E-state index is 4.96. The molecule has 172 valence electrons. The summed E-state index contributed by atoms with van der Waals surface area (Å²) < 4.78 is 2.06. The Kier molecular flexibility index (Phi) is 7.86. The molecule has 0 bridgehead atoms. The fraction of sp³-hybridized carbons (Fsp3) is 0.727. The lowest BCUT2D eigenvalue weighted by molar-refractivity contribution is 0.258. The molecule has 2 aliphatic rings. The van der Waals surface area contributed by atoms with E-state index in [2.05, 4.69) is 51.4 Å². The molecule has 0 N–H and O–H groups in total. The van der Waals surface area contributed by atoms with Gasteiger partial charge in [0.25, 0.3) is 0 Å². The van der Waals surface area contributed by atoms with Gasteiger partial charge in [0.1, 0.15) is 17.5 Å². The molecule has 0 aromatic carbocycles. The zero-order valence-corrected chi connectivity index (χ0v) is 21.1. The predicted molar refractivity (Wildman–Crippen MR) is 130 cm³/mol. The summed E-state index contributed by atoms with van der Waals surface area (Å²) in [7, 11) is 2.03. The Balaban J connectivity index is 0.00000272. The summed E-state index contributed by atoms with van der Waals surface area (Å²) in [5, 5.41) is 9.38. The highest BCUT2D eigenvalue weighted by Crippen LogP contribution is 2.40. The number of nitrogens with zero attached hydrogens (tertiary/aromatic N) is 7. The number of aromatic nitrogens is 5. The van der Waals surface area contributed by atoms with Crippen LogP contribution in [-0.2, 0) is 12.5 Å². The summed E-state index contributed by atoms with van der Waals surface area (Å²) in [6.45, 7) is 14.0. The van der Waals surface area contributed by atoms with Crippen molar-refractivity contribution in [2.45, 2.75) is 63.4 Å².